The predicted octanol–water partition coefficient (Wildman–Crippen LogP) is 5.55. The van der Waals surface area contributed by atoms with Crippen LogP contribution in [-0.2, 0) is 27.1 Å². The molecule has 0 bridgehead atoms. The fourth-order valence-corrected chi connectivity index (χ4v) is 10.7. The van der Waals surface area contributed by atoms with E-state index in [1.54, 1.807) is 11.0 Å². The molecule has 65 heavy (non-hydrogen) atoms. The summed E-state index contributed by atoms with van der Waals surface area (Å²) in [5.74, 6) is 0.643. The molecule has 2 N–H and O–H groups in total. The van der Waals surface area contributed by atoms with Crippen LogP contribution in [0.5, 0.6) is 0 Å². The number of hydrogen-bond donors (Lipinski definition) is 2. The molecule has 1 aromatic carbocycles. The van der Waals surface area contributed by atoms with Crippen LogP contribution in [0.25, 0.3) is 4.85 Å². The Kier molecular flexibility index (Phi) is 12.7. The van der Waals surface area contributed by atoms with Gasteiger partial charge in [-0.1, -0.05) is 6.07 Å². The standard InChI is InChI=1S/C47H56F3N11O4/c1-30-27-60(33-15-21-58(22-16-33)42-9-5-36-39(53-42)29-61(46(36)65)40-7-10-43(62)55-45(40)64)24-23-59(30)28-31-11-17-57(18-12-31)35-4-8-41(52-26-35)54-44(63)32-13-19-56(20-14-32)34-3-6-38(51-2)37(25-34)47(48,49)50/h3-6,8-9,25-26,30-33,40H,7,10-24,27-29H2,1H3,(H,52,54,63)(H,55,62,64)/t30-,40?/m0/s1. The smallest absolute Gasteiger partial charge is 0.372 e. The first kappa shape index (κ1) is 44.4. The van der Waals surface area contributed by atoms with Crippen molar-refractivity contribution in [3.05, 3.63) is 76.9 Å². The second-order valence-corrected chi connectivity index (χ2v) is 18.5. The third-order valence-electron chi connectivity index (χ3n) is 14.6. The molecule has 344 valence electrons. The maximum atomic E-state index is 13.5. The van der Waals surface area contributed by atoms with Gasteiger partial charge in [-0.3, -0.25) is 34.3 Å². The lowest BCUT2D eigenvalue weighted by Crippen LogP contribution is -2.57. The van der Waals surface area contributed by atoms with E-state index in [1.807, 2.05) is 35.4 Å². The van der Waals surface area contributed by atoms with E-state index >= 15 is 0 Å². The lowest BCUT2D eigenvalue weighted by Gasteiger charge is -2.47. The third kappa shape index (κ3) is 9.62. The largest absolute Gasteiger partial charge is 0.407 e. The summed E-state index contributed by atoms with van der Waals surface area (Å²) in [4.78, 5) is 76.3. The molecule has 15 nitrogen and oxygen atoms in total. The Morgan fingerprint density at radius 3 is 2.25 bits per heavy atom. The normalized spacial score (nSPS) is 23.4. The predicted molar refractivity (Wildman–Crippen MR) is 239 cm³/mol. The van der Waals surface area contributed by atoms with E-state index in [-0.39, 0.29) is 36.6 Å². The number of amides is 4. The Labute approximate surface area is 377 Å². The Morgan fingerprint density at radius 2 is 1.57 bits per heavy atom. The van der Waals surface area contributed by atoms with Gasteiger partial charge in [0, 0.05) is 95.6 Å². The lowest BCUT2D eigenvalue weighted by atomic mass is 9.94. The van der Waals surface area contributed by atoms with Gasteiger partial charge in [0.2, 0.25) is 17.7 Å². The number of fused-ring (bicyclic) bond motifs is 1. The summed E-state index contributed by atoms with van der Waals surface area (Å²) in [6.07, 6.45) is 3.07. The quantitative estimate of drug-likeness (QED) is 0.206. The summed E-state index contributed by atoms with van der Waals surface area (Å²) in [6, 6.07) is 11.7. The number of hydrogen-bond acceptors (Lipinski definition) is 11. The molecule has 2 aromatic heterocycles. The number of piperidine rings is 4. The molecule has 0 radical (unpaired) electrons. The van der Waals surface area contributed by atoms with Crippen molar-refractivity contribution in [1.82, 2.24) is 30.0 Å². The lowest BCUT2D eigenvalue weighted by molar-refractivity contribution is -0.138. The van der Waals surface area contributed by atoms with Gasteiger partial charge in [0.1, 0.15) is 17.7 Å². The summed E-state index contributed by atoms with van der Waals surface area (Å²) in [6.45, 7) is 18.5. The Hall–Kier alpha value is -5.80. The Bertz CT molecular complexity index is 2320. The number of nitrogens with zero attached hydrogens (tertiary/aromatic N) is 9. The Morgan fingerprint density at radius 1 is 0.862 bits per heavy atom. The number of carbonyl (C=O) groups excluding carboxylic acids is 4. The molecule has 0 spiro atoms. The van der Waals surface area contributed by atoms with Crippen molar-refractivity contribution < 1.29 is 32.3 Å². The molecule has 6 aliphatic rings. The number of carbonyl (C=O) groups is 4. The third-order valence-corrected chi connectivity index (χ3v) is 14.6. The van der Waals surface area contributed by atoms with E-state index in [0.717, 1.165) is 95.6 Å². The van der Waals surface area contributed by atoms with Gasteiger partial charge in [0.05, 0.1) is 41.8 Å². The average Bonchev–Trinajstić information content (AvgIpc) is 3.64. The van der Waals surface area contributed by atoms with E-state index in [4.69, 9.17) is 11.6 Å². The van der Waals surface area contributed by atoms with E-state index < -0.39 is 29.4 Å². The topological polar surface area (TPSA) is 142 Å². The minimum atomic E-state index is -4.61. The van der Waals surface area contributed by atoms with Crippen LogP contribution in [0.3, 0.4) is 0 Å². The van der Waals surface area contributed by atoms with Crippen molar-refractivity contribution in [3.63, 3.8) is 0 Å². The number of benzene rings is 1. The highest BCUT2D eigenvalue weighted by Gasteiger charge is 2.41. The molecule has 1 unspecified atom stereocenters. The van der Waals surface area contributed by atoms with Crippen LogP contribution in [0.2, 0.25) is 0 Å². The first-order chi connectivity index (χ1) is 31.3. The van der Waals surface area contributed by atoms with Gasteiger partial charge in [-0.2, -0.15) is 13.2 Å². The van der Waals surface area contributed by atoms with Crippen LogP contribution in [0.15, 0.2) is 48.7 Å². The summed E-state index contributed by atoms with van der Waals surface area (Å²) in [7, 11) is 0. The van der Waals surface area contributed by atoms with Gasteiger partial charge in [0.25, 0.3) is 5.91 Å². The van der Waals surface area contributed by atoms with Gasteiger partial charge in [0.15, 0.2) is 5.69 Å². The van der Waals surface area contributed by atoms with Gasteiger partial charge in [-0.25, -0.2) is 14.8 Å². The maximum Gasteiger partial charge on any atom is 0.407 e. The molecule has 4 amide bonds. The Balaban J connectivity index is 0.680. The second kappa shape index (κ2) is 18.6. The van der Waals surface area contributed by atoms with E-state index in [0.29, 0.717) is 73.1 Å². The van der Waals surface area contributed by atoms with Crippen LogP contribution in [0, 0.1) is 18.4 Å². The van der Waals surface area contributed by atoms with Crippen molar-refractivity contribution in [2.75, 3.05) is 85.5 Å². The number of alkyl halides is 3. The van der Waals surface area contributed by atoms with Crippen LogP contribution in [-0.4, -0.2) is 132 Å². The number of piperazine rings is 1. The fraction of sp³-hybridized carbons (Fsp3) is 0.553. The number of pyridine rings is 2. The zero-order chi connectivity index (χ0) is 45.4. The van der Waals surface area contributed by atoms with Crippen molar-refractivity contribution in [1.29, 1.82) is 0 Å². The van der Waals surface area contributed by atoms with Crippen molar-refractivity contribution in [2.45, 2.75) is 89.1 Å². The van der Waals surface area contributed by atoms with Crippen LogP contribution in [0.4, 0.5) is 41.9 Å². The molecule has 3 aromatic rings. The second-order valence-electron chi connectivity index (χ2n) is 18.5. The van der Waals surface area contributed by atoms with E-state index in [9.17, 15) is 32.3 Å². The number of anilines is 4. The molecular weight excluding hydrogens is 840 g/mol. The fourth-order valence-electron chi connectivity index (χ4n) is 10.7. The minimum Gasteiger partial charge on any atom is -0.372 e. The first-order valence-electron chi connectivity index (χ1n) is 23.0. The summed E-state index contributed by atoms with van der Waals surface area (Å²) in [5, 5.41) is 5.30. The summed E-state index contributed by atoms with van der Waals surface area (Å²) < 4.78 is 40.5. The maximum absolute atomic E-state index is 13.5. The van der Waals surface area contributed by atoms with E-state index in [2.05, 4.69) is 47.0 Å². The van der Waals surface area contributed by atoms with Gasteiger partial charge in [-0.15, -0.1) is 0 Å². The SMILES string of the molecule is [C-]#[N+]c1ccc(N2CCC(C(=O)Nc3ccc(N4CCC(CN5CCN(C6CCN(c7ccc8c(n7)CN(C7CCC(=O)NC7=O)C8=O)CC6)C[C@@H]5C)CC4)cn3)CC2)cc1C(F)(F)F. The molecule has 5 fully saturated rings. The van der Waals surface area contributed by atoms with Gasteiger partial charge < -0.3 is 24.9 Å². The summed E-state index contributed by atoms with van der Waals surface area (Å²) in [5.41, 5.74) is 1.31. The highest BCUT2D eigenvalue weighted by molar-refractivity contribution is 6.05. The van der Waals surface area contributed by atoms with Crippen LogP contribution in [0.1, 0.15) is 79.9 Å². The molecule has 8 heterocycles. The molecule has 2 atom stereocenters. The molecule has 6 aliphatic heterocycles. The first-order valence-corrected chi connectivity index (χ1v) is 23.0. The number of imide groups is 1. The van der Waals surface area contributed by atoms with Crippen molar-refractivity contribution in [2.24, 2.45) is 11.8 Å². The molecule has 5 saturated heterocycles. The van der Waals surface area contributed by atoms with Crippen LogP contribution < -0.4 is 25.3 Å². The molecule has 0 aliphatic carbocycles. The van der Waals surface area contributed by atoms with Crippen LogP contribution >= 0.6 is 0 Å². The van der Waals surface area contributed by atoms with Gasteiger partial charge in [-0.05, 0) is 94.2 Å². The molecule has 0 saturated carbocycles. The molecular formula is C47H56F3N11O4. The highest BCUT2D eigenvalue weighted by atomic mass is 19.4. The van der Waals surface area contributed by atoms with Crippen molar-refractivity contribution >= 4 is 52.3 Å². The minimum absolute atomic E-state index is 0.141. The number of nitrogens with one attached hydrogen (secondary N) is 2. The van der Waals surface area contributed by atoms with E-state index in [1.165, 1.54) is 6.07 Å². The monoisotopic (exact) mass is 895 g/mol. The molecule has 18 heteroatoms. The summed E-state index contributed by atoms with van der Waals surface area (Å²) >= 11 is 0. The molecule has 9 rings (SSSR count). The average molecular weight is 896 g/mol. The highest BCUT2D eigenvalue weighted by Crippen LogP contribution is 2.40. The zero-order valence-corrected chi connectivity index (χ0v) is 36.7. The zero-order valence-electron chi connectivity index (χ0n) is 36.7. The van der Waals surface area contributed by atoms with Crippen molar-refractivity contribution in [3.8, 4) is 0 Å². The number of rotatable bonds is 9. The number of aromatic nitrogens is 2. The number of halogens is 3. The van der Waals surface area contributed by atoms with Gasteiger partial charge >= 0.3 is 6.18 Å².